The van der Waals surface area contributed by atoms with Gasteiger partial charge in [0.2, 0.25) is 10.0 Å². The van der Waals surface area contributed by atoms with Crippen LogP contribution in [0.15, 0.2) is 29.3 Å². The Morgan fingerprint density at radius 1 is 1.33 bits per heavy atom. The average molecular weight is 308 g/mol. The molecule has 21 heavy (non-hydrogen) atoms. The summed E-state index contributed by atoms with van der Waals surface area (Å²) in [5.41, 5.74) is 7.54. The Hall–Kier alpha value is -2.06. The topological polar surface area (TPSA) is 101 Å². The van der Waals surface area contributed by atoms with Crippen molar-refractivity contribution in [3.05, 3.63) is 35.5 Å². The largest absolute Gasteiger partial charge is 0.508 e. The zero-order chi connectivity index (χ0) is 15.2. The molecule has 0 spiro atoms. The zero-order valence-corrected chi connectivity index (χ0v) is 12.3. The van der Waals surface area contributed by atoms with Gasteiger partial charge in [-0.25, -0.2) is 8.42 Å². The highest BCUT2D eigenvalue weighted by atomic mass is 32.2. The number of aryl methyl sites for hydroxylation is 1. The monoisotopic (exact) mass is 308 g/mol. The Balaban J connectivity index is 1.97. The lowest BCUT2D eigenvalue weighted by atomic mass is 10.0. The Morgan fingerprint density at radius 3 is 2.76 bits per heavy atom. The van der Waals surface area contributed by atoms with E-state index in [1.165, 1.54) is 15.2 Å². The summed E-state index contributed by atoms with van der Waals surface area (Å²) in [6, 6.07) is 5.04. The zero-order valence-electron chi connectivity index (χ0n) is 11.5. The summed E-state index contributed by atoms with van der Waals surface area (Å²) in [4.78, 5) is 0.0219. The number of nitrogens with two attached hydrogens (primary N) is 1. The summed E-state index contributed by atoms with van der Waals surface area (Å²) in [5, 5.41) is 13.4. The molecular formula is C13H16N4O3S. The second kappa shape index (κ2) is 4.74. The van der Waals surface area contributed by atoms with Crippen LogP contribution >= 0.6 is 0 Å². The third kappa shape index (κ3) is 2.36. The van der Waals surface area contributed by atoms with Gasteiger partial charge in [0.25, 0.3) is 0 Å². The van der Waals surface area contributed by atoms with Crippen molar-refractivity contribution in [1.82, 2.24) is 14.1 Å². The predicted molar refractivity (Wildman–Crippen MR) is 77.0 cm³/mol. The lowest BCUT2D eigenvalue weighted by Gasteiger charge is -2.27. The number of aromatic nitrogens is 2. The minimum atomic E-state index is -3.68. The van der Waals surface area contributed by atoms with Crippen LogP contribution in [0, 0.1) is 0 Å². The van der Waals surface area contributed by atoms with Crippen molar-refractivity contribution >= 4 is 15.8 Å². The molecule has 8 heteroatoms. The molecule has 0 saturated carbocycles. The van der Waals surface area contributed by atoms with Crippen LogP contribution in [0.4, 0.5) is 5.82 Å². The van der Waals surface area contributed by atoms with E-state index in [9.17, 15) is 13.5 Å². The highest BCUT2D eigenvalue weighted by Gasteiger charge is 2.31. The third-order valence-corrected chi connectivity index (χ3v) is 5.47. The third-order valence-electron chi connectivity index (χ3n) is 3.61. The van der Waals surface area contributed by atoms with Gasteiger partial charge in [0.15, 0.2) is 5.82 Å². The molecule has 1 aromatic carbocycles. The summed E-state index contributed by atoms with van der Waals surface area (Å²) in [5.74, 6) is 0.132. The van der Waals surface area contributed by atoms with Crippen LogP contribution in [0.3, 0.4) is 0 Å². The highest BCUT2D eigenvalue weighted by molar-refractivity contribution is 7.89. The summed E-state index contributed by atoms with van der Waals surface area (Å²) in [6.45, 7) is 0.606. The Morgan fingerprint density at radius 2 is 2.10 bits per heavy atom. The van der Waals surface area contributed by atoms with Crippen molar-refractivity contribution in [2.24, 2.45) is 7.05 Å². The first-order valence-corrected chi connectivity index (χ1v) is 7.92. The summed E-state index contributed by atoms with van der Waals surface area (Å²) < 4.78 is 28.0. The van der Waals surface area contributed by atoms with Crippen molar-refractivity contribution in [1.29, 1.82) is 0 Å². The Bertz CT molecular complexity index is 798. The van der Waals surface area contributed by atoms with E-state index in [2.05, 4.69) is 5.10 Å². The average Bonchev–Trinajstić information content (AvgIpc) is 2.77. The van der Waals surface area contributed by atoms with Crippen molar-refractivity contribution < 1.29 is 13.5 Å². The number of sulfonamides is 1. The first-order chi connectivity index (χ1) is 9.88. The molecule has 0 bridgehead atoms. The number of phenols is 1. The molecule has 7 nitrogen and oxygen atoms in total. The number of benzene rings is 1. The van der Waals surface area contributed by atoms with E-state index in [-0.39, 0.29) is 23.0 Å². The normalized spacial score (nSPS) is 15.9. The molecule has 0 unspecified atom stereocenters. The van der Waals surface area contributed by atoms with Crippen molar-refractivity contribution in [3.8, 4) is 5.75 Å². The number of hydrogen-bond donors (Lipinski definition) is 2. The second-order valence-corrected chi connectivity index (χ2v) is 7.00. The number of fused-ring (bicyclic) bond motifs is 1. The fourth-order valence-corrected chi connectivity index (χ4v) is 4.05. The summed E-state index contributed by atoms with van der Waals surface area (Å²) in [7, 11) is -2.06. The maximum absolute atomic E-state index is 12.6. The predicted octanol–water partition coefficient (Wildman–Crippen LogP) is 0.455. The van der Waals surface area contributed by atoms with Crippen molar-refractivity contribution in [3.63, 3.8) is 0 Å². The molecule has 1 aliphatic rings. The van der Waals surface area contributed by atoms with Crippen molar-refractivity contribution in [2.75, 3.05) is 12.3 Å². The Kier molecular flexibility index (Phi) is 3.14. The number of nitrogens with zero attached hydrogens (tertiary/aromatic N) is 3. The molecule has 0 amide bonds. The van der Waals surface area contributed by atoms with Crippen LogP contribution in [-0.4, -0.2) is 34.2 Å². The fourth-order valence-electron chi connectivity index (χ4n) is 2.54. The molecule has 3 rings (SSSR count). The van der Waals surface area contributed by atoms with Gasteiger partial charge in [-0.3, -0.25) is 4.68 Å². The molecule has 2 heterocycles. The van der Waals surface area contributed by atoms with Crippen LogP contribution in [0.1, 0.15) is 11.1 Å². The van der Waals surface area contributed by atoms with Gasteiger partial charge >= 0.3 is 0 Å². The lowest BCUT2D eigenvalue weighted by molar-refractivity contribution is 0.389. The second-order valence-electron chi connectivity index (χ2n) is 5.09. The first-order valence-electron chi connectivity index (χ1n) is 6.48. The van der Waals surface area contributed by atoms with E-state index in [0.29, 0.717) is 13.0 Å². The molecule has 0 fully saturated rings. The van der Waals surface area contributed by atoms with Gasteiger partial charge in [-0.15, -0.1) is 0 Å². The molecule has 3 N–H and O–H groups in total. The van der Waals surface area contributed by atoms with Gasteiger partial charge in [-0.1, -0.05) is 6.07 Å². The number of rotatable bonds is 2. The molecule has 1 aromatic heterocycles. The fraction of sp³-hybridized carbons (Fsp3) is 0.308. The quantitative estimate of drug-likeness (QED) is 0.839. The molecule has 0 radical (unpaired) electrons. The van der Waals surface area contributed by atoms with Gasteiger partial charge in [0, 0.05) is 26.3 Å². The minimum absolute atomic E-state index is 0.000735. The number of anilines is 1. The molecule has 0 aliphatic carbocycles. The van der Waals surface area contributed by atoms with Gasteiger partial charge in [-0.05, 0) is 29.7 Å². The summed E-state index contributed by atoms with van der Waals surface area (Å²) in [6.07, 6.45) is 2.01. The van der Waals surface area contributed by atoms with E-state index >= 15 is 0 Å². The van der Waals surface area contributed by atoms with E-state index in [4.69, 9.17) is 5.73 Å². The van der Waals surface area contributed by atoms with E-state index in [0.717, 1.165) is 11.1 Å². The highest BCUT2D eigenvalue weighted by Crippen LogP contribution is 2.28. The Labute approximate surface area is 122 Å². The number of hydrogen-bond acceptors (Lipinski definition) is 5. The lowest BCUT2D eigenvalue weighted by Crippen LogP contribution is -2.36. The molecule has 0 saturated heterocycles. The molecular weight excluding hydrogens is 292 g/mol. The van der Waals surface area contributed by atoms with Crippen LogP contribution in [0.25, 0.3) is 0 Å². The minimum Gasteiger partial charge on any atom is -0.508 e. The first kappa shape index (κ1) is 13.9. The summed E-state index contributed by atoms with van der Waals surface area (Å²) >= 11 is 0. The van der Waals surface area contributed by atoms with Gasteiger partial charge in [0.1, 0.15) is 10.6 Å². The van der Waals surface area contributed by atoms with Crippen LogP contribution in [0.2, 0.25) is 0 Å². The molecule has 1 aliphatic heterocycles. The number of nitrogen functional groups attached to an aromatic ring is 1. The molecule has 0 atom stereocenters. The molecule has 2 aromatic rings. The van der Waals surface area contributed by atoms with Crippen LogP contribution in [-0.2, 0) is 30.0 Å². The maximum atomic E-state index is 12.6. The van der Waals surface area contributed by atoms with E-state index in [1.807, 2.05) is 6.07 Å². The smallest absolute Gasteiger partial charge is 0.248 e. The van der Waals surface area contributed by atoms with E-state index in [1.54, 1.807) is 19.2 Å². The van der Waals surface area contributed by atoms with Crippen LogP contribution in [0.5, 0.6) is 5.75 Å². The van der Waals surface area contributed by atoms with Crippen LogP contribution < -0.4 is 5.73 Å². The number of aromatic hydroxyl groups is 1. The van der Waals surface area contributed by atoms with Gasteiger partial charge < -0.3 is 10.8 Å². The number of phenolic OH excluding ortho intramolecular Hbond substituents is 1. The molecule has 112 valence electrons. The van der Waals surface area contributed by atoms with Crippen molar-refractivity contribution in [2.45, 2.75) is 17.9 Å². The van der Waals surface area contributed by atoms with E-state index < -0.39 is 10.0 Å². The van der Waals surface area contributed by atoms with Gasteiger partial charge in [0.05, 0.1) is 0 Å². The standard InChI is InChI=1S/C13H16N4O3S/c1-16-8-12(13(14)15-16)21(19,20)17-5-4-9-2-3-11(18)6-10(9)7-17/h2-3,6,8,18H,4-5,7H2,1H3,(H2,14,15). The SMILES string of the molecule is Cn1cc(S(=O)(=O)N2CCc3ccc(O)cc3C2)c(N)n1. The van der Waals surface area contributed by atoms with Gasteiger partial charge in [-0.2, -0.15) is 9.40 Å². The maximum Gasteiger partial charge on any atom is 0.248 e.